The van der Waals surface area contributed by atoms with Gasteiger partial charge in [-0.1, -0.05) is 0 Å². The molecule has 0 aromatic rings. The van der Waals surface area contributed by atoms with Crippen LogP contribution >= 0.6 is 0 Å². The predicted molar refractivity (Wildman–Crippen MR) is 55.5 cm³/mol. The molecule has 1 amide bonds. The maximum absolute atomic E-state index is 11.4. The number of nitrogens with one attached hydrogen (secondary N) is 2. The molecule has 1 rings (SSSR count). The molecule has 0 aliphatic heterocycles. The molecule has 3 N–H and O–H groups in total. The standard InChI is InChI=1S/C10H18N2O3/c1-7(10(15)12-8-4-5-8)11-6-2-3-9(13)14/h7-8,11H,2-6H2,1H3,(H,12,15)(H,13,14). The molecule has 1 aliphatic rings. The van der Waals surface area contributed by atoms with Crippen LogP contribution in [0.2, 0.25) is 0 Å². The molecule has 0 bridgehead atoms. The van der Waals surface area contributed by atoms with Gasteiger partial charge in [0.15, 0.2) is 0 Å². The van der Waals surface area contributed by atoms with Crippen LogP contribution in [0, 0.1) is 0 Å². The van der Waals surface area contributed by atoms with Gasteiger partial charge in [-0.2, -0.15) is 0 Å². The van der Waals surface area contributed by atoms with E-state index in [4.69, 9.17) is 5.11 Å². The van der Waals surface area contributed by atoms with Crippen LogP contribution in [0.25, 0.3) is 0 Å². The van der Waals surface area contributed by atoms with Crippen LogP contribution in [-0.2, 0) is 9.59 Å². The first-order valence-corrected chi connectivity index (χ1v) is 5.35. The lowest BCUT2D eigenvalue weighted by Crippen LogP contribution is -2.43. The molecule has 0 spiro atoms. The molecule has 1 unspecified atom stereocenters. The Bertz CT molecular complexity index is 239. The molecule has 5 heteroatoms. The average molecular weight is 214 g/mol. The van der Waals surface area contributed by atoms with E-state index in [0.717, 1.165) is 12.8 Å². The normalized spacial score (nSPS) is 17.1. The third-order valence-corrected chi connectivity index (χ3v) is 2.33. The highest BCUT2D eigenvalue weighted by Crippen LogP contribution is 2.18. The van der Waals surface area contributed by atoms with E-state index in [0.29, 0.717) is 19.0 Å². The lowest BCUT2D eigenvalue weighted by Gasteiger charge is -2.13. The molecule has 0 aromatic heterocycles. The van der Waals surface area contributed by atoms with Crippen molar-refractivity contribution in [3.05, 3.63) is 0 Å². The van der Waals surface area contributed by atoms with Crippen LogP contribution in [0.1, 0.15) is 32.6 Å². The van der Waals surface area contributed by atoms with Crippen molar-refractivity contribution in [2.75, 3.05) is 6.54 Å². The Kier molecular flexibility index (Phi) is 4.55. The summed E-state index contributed by atoms with van der Waals surface area (Å²) in [5.41, 5.74) is 0. The summed E-state index contributed by atoms with van der Waals surface area (Å²) in [6.45, 7) is 2.35. The largest absolute Gasteiger partial charge is 0.481 e. The fraction of sp³-hybridized carbons (Fsp3) is 0.800. The molecule has 1 saturated carbocycles. The second-order valence-corrected chi connectivity index (χ2v) is 3.96. The number of amides is 1. The summed E-state index contributed by atoms with van der Waals surface area (Å²) in [5.74, 6) is -0.792. The lowest BCUT2D eigenvalue weighted by atomic mass is 10.2. The molecule has 0 heterocycles. The van der Waals surface area contributed by atoms with Gasteiger partial charge in [-0.25, -0.2) is 0 Å². The van der Waals surface area contributed by atoms with E-state index in [1.165, 1.54) is 0 Å². The van der Waals surface area contributed by atoms with Crippen LogP contribution in [0.4, 0.5) is 0 Å². The number of hydrogen-bond donors (Lipinski definition) is 3. The summed E-state index contributed by atoms with van der Waals surface area (Å²) in [6.07, 6.45) is 2.86. The maximum Gasteiger partial charge on any atom is 0.303 e. The number of carboxylic acids is 1. The van der Waals surface area contributed by atoms with Crippen molar-refractivity contribution in [2.24, 2.45) is 0 Å². The molecule has 1 aliphatic carbocycles. The first-order chi connectivity index (χ1) is 7.09. The summed E-state index contributed by atoms with van der Waals surface area (Å²) in [5, 5.41) is 14.3. The molecule has 0 aromatic carbocycles. The minimum absolute atomic E-state index is 0.00725. The smallest absolute Gasteiger partial charge is 0.303 e. The Morgan fingerprint density at radius 3 is 2.67 bits per heavy atom. The molecule has 0 saturated heterocycles. The van der Waals surface area contributed by atoms with Gasteiger partial charge in [-0.05, 0) is 32.7 Å². The van der Waals surface area contributed by atoms with E-state index >= 15 is 0 Å². The molecular weight excluding hydrogens is 196 g/mol. The quantitative estimate of drug-likeness (QED) is 0.525. The van der Waals surface area contributed by atoms with Gasteiger partial charge in [0.25, 0.3) is 0 Å². The van der Waals surface area contributed by atoms with Gasteiger partial charge in [-0.3, -0.25) is 9.59 Å². The Hall–Kier alpha value is -1.10. The summed E-state index contributed by atoms with van der Waals surface area (Å²) < 4.78 is 0. The topological polar surface area (TPSA) is 78.4 Å². The van der Waals surface area contributed by atoms with Crippen molar-refractivity contribution in [3.63, 3.8) is 0 Å². The number of aliphatic carboxylic acids is 1. The van der Waals surface area contributed by atoms with E-state index in [1.807, 2.05) is 0 Å². The van der Waals surface area contributed by atoms with E-state index < -0.39 is 5.97 Å². The van der Waals surface area contributed by atoms with E-state index in [2.05, 4.69) is 10.6 Å². The van der Waals surface area contributed by atoms with Crippen molar-refractivity contribution < 1.29 is 14.7 Å². The second kappa shape index (κ2) is 5.70. The average Bonchev–Trinajstić information content (AvgIpc) is 2.95. The zero-order chi connectivity index (χ0) is 11.3. The van der Waals surface area contributed by atoms with Gasteiger partial charge in [0.05, 0.1) is 6.04 Å². The molecule has 15 heavy (non-hydrogen) atoms. The minimum atomic E-state index is -0.799. The van der Waals surface area contributed by atoms with Gasteiger partial charge in [0.2, 0.25) is 5.91 Å². The summed E-state index contributed by atoms with van der Waals surface area (Å²) in [6, 6.07) is 0.139. The highest BCUT2D eigenvalue weighted by atomic mass is 16.4. The number of carbonyl (C=O) groups is 2. The molecule has 0 radical (unpaired) electrons. The van der Waals surface area contributed by atoms with Crippen molar-refractivity contribution in [1.82, 2.24) is 10.6 Å². The number of hydrogen-bond acceptors (Lipinski definition) is 3. The first kappa shape index (κ1) is 12.0. The van der Waals surface area contributed by atoms with Gasteiger partial charge < -0.3 is 15.7 Å². The Morgan fingerprint density at radius 1 is 1.47 bits per heavy atom. The lowest BCUT2D eigenvalue weighted by molar-refractivity contribution is -0.137. The first-order valence-electron chi connectivity index (χ1n) is 5.35. The highest BCUT2D eigenvalue weighted by molar-refractivity contribution is 5.81. The van der Waals surface area contributed by atoms with Crippen LogP contribution in [0.15, 0.2) is 0 Å². The molecule has 1 fully saturated rings. The SMILES string of the molecule is CC(NCCCC(=O)O)C(=O)NC1CC1. The van der Waals surface area contributed by atoms with Crippen molar-refractivity contribution in [1.29, 1.82) is 0 Å². The number of carbonyl (C=O) groups excluding carboxylic acids is 1. The van der Waals surface area contributed by atoms with Crippen molar-refractivity contribution in [3.8, 4) is 0 Å². The fourth-order valence-corrected chi connectivity index (χ4v) is 1.20. The van der Waals surface area contributed by atoms with Crippen LogP contribution in [-0.4, -0.2) is 35.6 Å². The van der Waals surface area contributed by atoms with Crippen LogP contribution in [0.3, 0.4) is 0 Å². The Balaban J connectivity index is 2.03. The zero-order valence-electron chi connectivity index (χ0n) is 8.95. The Labute approximate surface area is 89.2 Å². The van der Waals surface area contributed by atoms with Gasteiger partial charge in [0, 0.05) is 12.5 Å². The molecular formula is C10H18N2O3. The molecule has 86 valence electrons. The van der Waals surface area contributed by atoms with E-state index in [1.54, 1.807) is 6.92 Å². The van der Waals surface area contributed by atoms with Gasteiger partial charge in [-0.15, -0.1) is 0 Å². The van der Waals surface area contributed by atoms with Gasteiger partial charge in [0.1, 0.15) is 0 Å². The fourth-order valence-electron chi connectivity index (χ4n) is 1.20. The van der Waals surface area contributed by atoms with Crippen molar-refractivity contribution >= 4 is 11.9 Å². The van der Waals surface area contributed by atoms with E-state index in [-0.39, 0.29) is 18.4 Å². The van der Waals surface area contributed by atoms with Crippen molar-refractivity contribution in [2.45, 2.75) is 44.7 Å². The Morgan fingerprint density at radius 2 is 2.13 bits per heavy atom. The zero-order valence-corrected chi connectivity index (χ0v) is 8.95. The van der Waals surface area contributed by atoms with Crippen LogP contribution in [0.5, 0.6) is 0 Å². The monoisotopic (exact) mass is 214 g/mol. The maximum atomic E-state index is 11.4. The minimum Gasteiger partial charge on any atom is -0.481 e. The molecule has 5 nitrogen and oxygen atoms in total. The summed E-state index contributed by atoms with van der Waals surface area (Å²) in [4.78, 5) is 21.7. The number of carboxylic acid groups (broad SMARTS) is 1. The summed E-state index contributed by atoms with van der Waals surface area (Å²) in [7, 11) is 0. The predicted octanol–water partition coefficient (Wildman–Crippen LogP) is 0.108. The third kappa shape index (κ3) is 5.37. The van der Waals surface area contributed by atoms with E-state index in [9.17, 15) is 9.59 Å². The third-order valence-electron chi connectivity index (χ3n) is 2.33. The van der Waals surface area contributed by atoms with Crippen LogP contribution < -0.4 is 10.6 Å². The summed E-state index contributed by atoms with van der Waals surface area (Å²) >= 11 is 0. The highest BCUT2D eigenvalue weighted by Gasteiger charge is 2.25. The van der Waals surface area contributed by atoms with Gasteiger partial charge >= 0.3 is 5.97 Å². The number of rotatable bonds is 7. The second-order valence-electron chi connectivity index (χ2n) is 3.96. The molecule has 1 atom stereocenters.